The van der Waals surface area contributed by atoms with Crippen molar-refractivity contribution in [2.24, 2.45) is 5.92 Å². The van der Waals surface area contributed by atoms with Crippen molar-refractivity contribution in [3.63, 3.8) is 0 Å². The van der Waals surface area contributed by atoms with E-state index < -0.39 is 0 Å². The van der Waals surface area contributed by atoms with Crippen molar-refractivity contribution in [1.29, 1.82) is 0 Å². The molecule has 0 amide bonds. The van der Waals surface area contributed by atoms with Crippen LogP contribution in [0.3, 0.4) is 0 Å². The summed E-state index contributed by atoms with van der Waals surface area (Å²) in [6.07, 6.45) is 12.5. The first-order chi connectivity index (χ1) is 10.8. The monoisotopic (exact) mass is 294 g/mol. The Hall–Kier alpha value is -1.80. The largest absolute Gasteiger partial charge is 0.387 e. The van der Waals surface area contributed by atoms with E-state index in [0.29, 0.717) is 12.0 Å². The SMILES string of the molecule is C=C1CC[C@H](N(Cc2ccccc2)CC2C=CC=CC2)CN1. The zero-order valence-electron chi connectivity index (χ0n) is 13.2. The van der Waals surface area contributed by atoms with E-state index in [-0.39, 0.29) is 0 Å². The second kappa shape index (κ2) is 7.46. The maximum Gasteiger partial charge on any atom is 0.0300 e. The van der Waals surface area contributed by atoms with Crippen molar-refractivity contribution >= 4 is 0 Å². The van der Waals surface area contributed by atoms with Gasteiger partial charge in [-0.05, 0) is 30.7 Å². The molecule has 0 saturated carbocycles. The zero-order valence-corrected chi connectivity index (χ0v) is 13.2. The number of hydrogen-bond donors (Lipinski definition) is 1. The zero-order chi connectivity index (χ0) is 15.2. The van der Waals surface area contributed by atoms with E-state index in [1.807, 2.05) is 0 Å². The van der Waals surface area contributed by atoms with Gasteiger partial charge < -0.3 is 5.32 Å². The molecular formula is C20H26N2. The van der Waals surface area contributed by atoms with Gasteiger partial charge in [-0.2, -0.15) is 0 Å². The van der Waals surface area contributed by atoms with Gasteiger partial charge in [0.2, 0.25) is 0 Å². The number of rotatable bonds is 5. The smallest absolute Gasteiger partial charge is 0.0300 e. The van der Waals surface area contributed by atoms with Crippen LogP contribution < -0.4 is 5.32 Å². The molecule has 1 fully saturated rings. The molecule has 0 radical (unpaired) electrons. The third kappa shape index (κ3) is 4.11. The molecule has 116 valence electrons. The van der Waals surface area contributed by atoms with Gasteiger partial charge in [0.25, 0.3) is 0 Å². The first-order valence-corrected chi connectivity index (χ1v) is 8.34. The molecule has 3 rings (SSSR count). The predicted molar refractivity (Wildman–Crippen MR) is 93.4 cm³/mol. The highest BCUT2D eigenvalue weighted by molar-refractivity contribution is 5.16. The van der Waals surface area contributed by atoms with Crippen LogP contribution in [0.5, 0.6) is 0 Å². The predicted octanol–water partition coefficient (Wildman–Crippen LogP) is 3.89. The number of hydrogen-bond acceptors (Lipinski definition) is 2. The van der Waals surface area contributed by atoms with Crippen molar-refractivity contribution in [2.75, 3.05) is 13.1 Å². The molecule has 22 heavy (non-hydrogen) atoms. The molecule has 1 saturated heterocycles. The highest BCUT2D eigenvalue weighted by atomic mass is 15.2. The highest BCUT2D eigenvalue weighted by Gasteiger charge is 2.24. The van der Waals surface area contributed by atoms with Crippen LogP contribution in [0.4, 0.5) is 0 Å². The summed E-state index contributed by atoms with van der Waals surface area (Å²) in [6, 6.07) is 11.4. The minimum atomic E-state index is 0.602. The maximum absolute atomic E-state index is 4.06. The van der Waals surface area contributed by atoms with Crippen LogP contribution in [0.25, 0.3) is 0 Å². The van der Waals surface area contributed by atoms with E-state index in [1.54, 1.807) is 0 Å². The first-order valence-electron chi connectivity index (χ1n) is 8.34. The van der Waals surface area contributed by atoms with Gasteiger partial charge in [-0.15, -0.1) is 0 Å². The quantitative estimate of drug-likeness (QED) is 0.886. The molecule has 1 aromatic carbocycles. The lowest BCUT2D eigenvalue weighted by molar-refractivity contribution is 0.150. The summed E-state index contributed by atoms with van der Waals surface area (Å²) in [5, 5.41) is 3.47. The molecular weight excluding hydrogens is 268 g/mol. The number of allylic oxidation sites excluding steroid dienone is 4. The van der Waals surface area contributed by atoms with Crippen molar-refractivity contribution < 1.29 is 0 Å². The number of nitrogens with zero attached hydrogens (tertiary/aromatic N) is 1. The summed E-state index contributed by atoms with van der Waals surface area (Å²) < 4.78 is 0. The van der Waals surface area contributed by atoms with Gasteiger partial charge >= 0.3 is 0 Å². The Morgan fingerprint density at radius 1 is 1.18 bits per heavy atom. The fourth-order valence-corrected chi connectivity index (χ4v) is 3.33. The van der Waals surface area contributed by atoms with E-state index in [4.69, 9.17) is 0 Å². The molecule has 2 nitrogen and oxygen atoms in total. The fourth-order valence-electron chi connectivity index (χ4n) is 3.33. The van der Waals surface area contributed by atoms with E-state index >= 15 is 0 Å². The van der Waals surface area contributed by atoms with Gasteiger partial charge in [0, 0.05) is 31.4 Å². The normalized spacial score (nSPS) is 24.5. The Balaban J connectivity index is 1.68. The second-order valence-corrected chi connectivity index (χ2v) is 6.40. The third-order valence-electron chi connectivity index (χ3n) is 4.65. The minimum absolute atomic E-state index is 0.602. The van der Waals surface area contributed by atoms with E-state index in [0.717, 1.165) is 32.5 Å². The van der Waals surface area contributed by atoms with Crippen molar-refractivity contribution in [1.82, 2.24) is 10.2 Å². The molecule has 1 aliphatic heterocycles. The standard InChI is InChI=1S/C20H26N2/c1-17-12-13-20(14-21-17)22(15-18-8-4-2-5-9-18)16-19-10-6-3-7-11-19/h2-10,19-21H,1,11-16H2/t19?,20-/m0/s1. The number of benzene rings is 1. The average Bonchev–Trinajstić information content (AvgIpc) is 2.57. The lowest BCUT2D eigenvalue weighted by Gasteiger charge is -2.37. The molecule has 1 heterocycles. The highest BCUT2D eigenvalue weighted by Crippen LogP contribution is 2.22. The summed E-state index contributed by atoms with van der Waals surface area (Å²) in [7, 11) is 0. The summed E-state index contributed by atoms with van der Waals surface area (Å²) in [4.78, 5) is 2.66. The van der Waals surface area contributed by atoms with E-state index in [9.17, 15) is 0 Å². The molecule has 0 spiro atoms. The summed E-state index contributed by atoms with van der Waals surface area (Å²) in [5.41, 5.74) is 2.60. The van der Waals surface area contributed by atoms with Crippen molar-refractivity contribution in [3.05, 3.63) is 72.5 Å². The Bertz CT molecular complexity index is 534. The lowest BCUT2D eigenvalue weighted by Crippen LogP contribution is -2.46. The molecule has 0 bridgehead atoms. The van der Waals surface area contributed by atoms with Crippen LogP contribution in [0, 0.1) is 5.92 Å². The Labute approximate surface area is 134 Å². The number of piperidine rings is 1. The van der Waals surface area contributed by atoms with Crippen LogP contribution in [0.2, 0.25) is 0 Å². The van der Waals surface area contributed by atoms with Gasteiger partial charge in [0.05, 0.1) is 0 Å². The Kier molecular flexibility index (Phi) is 5.12. The first kappa shape index (κ1) is 15.1. The van der Waals surface area contributed by atoms with Gasteiger partial charge in [0.15, 0.2) is 0 Å². The molecule has 2 atom stereocenters. The van der Waals surface area contributed by atoms with Gasteiger partial charge in [-0.3, -0.25) is 4.90 Å². The van der Waals surface area contributed by atoms with Gasteiger partial charge in [-0.25, -0.2) is 0 Å². The molecule has 1 N–H and O–H groups in total. The third-order valence-corrected chi connectivity index (χ3v) is 4.65. The van der Waals surface area contributed by atoms with Gasteiger partial charge in [-0.1, -0.05) is 61.2 Å². The van der Waals surface area contributed by atoms with Crippen LogP contribution in [-0.2, 0) is 6.54 Å². The van der Waals surface area contributed by atoms with Crippen molar-refractivity contribution in [3.8, 4) is 0 Å². The van der Waals surface area contributed by atoms with Crippen LogP contribution in [0.15, 0.2) is 66.9 Å². The van der Waals surface area contributed by atoms with Crippen LogP contribution in [-0.4, -0.2) is 24.0 Å². The lowest BCUT2D eigenvalue weighted by atomic mass is 9.97. The molecule has 2 aliphatic rings. The van der Waals surface area contributed by atoms with Gasteiger partial charge in [0.1, 0.15) is 0 Å². The summed E-state index contributed by atoms with van der Waals surface area (Å²) in [5.74, 6) is 0.638. The van der Waals surface area contributed by atoms with Crippen LogP contribution >= 0.6 is 0 Å². The summed E-state index contributed by atoms with van der Waals surface area (Å²) >= 11 is 0. The Morgan fingerprint density at radius 2 is 2.05 bits per heavy atom. The molecule has 1 unspecified atom stereocenters. The maximum atomic E-state index is 4.06. The molecule has 2 heteroatoms. The molecule has 1 aromatic rings. The van der Waals surface area contributed by atoms with Crippen molar-refractivity contribution in [2.45, 2.75) is 31.8 Å². The number of nitrogens with one attached hydrogen (secondary N) is 1. The minimum Gasteiger partial charge on any atom is -0.387 e. The second-order valence-electron chi connectivity index (χ2n) is 6.40. The van der Waals surface area contributed by atoms with Crippen LogP contribution in [0.1, 0.15) is 24.8 Å². The molecule has 1 aliphatic carbocycles. The van der Waals surface area contributed by atoms with E-state index in [1.165, 1.54) is 17.7 Å². The summed E-state index contributed by atoms with van der Waals surface area (Å²) in [6.45, 7) is 7.25. The fraction of sp³-hybridized carbons (Fsp3) is 0.400. The Morgan fingerprint density at radius 3 is 2.73 bits per heavy atom. The molecule has 0 aromatic heterocycles. The average molecular weight is 294 g/mol. The van der Waals surface area contributed by atoms with E-state index in [2.05, 4.69) is 71.4 Å². The topological polar surface area (TPSA) is 15.3 Å².